The Labute approximate surface area is 150 Å². The Kier molecular flexibility index (Phi) is 4.91. The molecular formula is C16H15ClN4O3S. The van der Waals surface area contributed by atoms with Crippen LogP contribution in [0.25, 0.3) is 0 Å². The average molecular weight is 379 g/mol. The largest absolute Gasteiger partial charge is 0.497 e. The van der Waals surface area contributed by atoms with Crippen molar-refractivity contribution in [1.82, 2.24) is 14.8 Å². The smallest absolute Gasteiger partial charge is 0.264 e. The third-order valence-corrected chi connectivity index (χ3v) is 5.13. The number of anilines is 1. The lowest BCUT2D eigenvalue weighted by Crippen LogP contribution is -2.14. The summed E-state index contributed by atoms with van der Waals surface area (Å²) in [5.74, 6) is 0.559. The molecule has 0 radical (unpaired) electrons. The third kappa shape index (κ3) is 4.09. The predicted molar refractivity (Wildman–Crippen MR) is 94.4 cm³/mol. The van der Waals surface area contributed by atoms with E-state index in [1.165, 1.54) is 30.3 Å². The van der Waals surface area contributed by atoms with Crippen LogP contribution in [0.2, 0.25) is 5.02 Å². The van der Waals surface area contributed by atoms with E-state index >= 15 is 0 Å². The van der Waals surface area contributed by atoms with E-state index in [0.717, 1.165) is 5.56 Å². The summed E-state index contributed by atoms with van der Waals surface area (Å²) in [4.78, 5) is 4.07. The molecule has 130 valence electrons. The van der Waals surface area contributed by atoms with Gasteiger partial charge in [-0.15, -0.1) is 5.10 Å². The van der Waals surface area contributed by atoms with E-state index in [-0.39, 0.29) is 10.8 Å². The van der Waals surface area contributed by atoms with Gasteiger partial charge < -0.3 is 4.74 Å². The van der Waals surface area contributed by atoms with Gasteiger partial charge in [-0.05, 0) is 35.9 Å². The lowest BCUT2D eigenvalue weighted by atomic mass is 10.2. The highest BCUT2D eigenvalue weighted by molar-refractivity contribution is 7.92. The van der Waals surface area contributed by atoms with Crippen LogP contribution >= 0.6 is 11.6 Å². The van der Waals surface area contributed by atoms with Gasteiger partial charge in [0.05, 0.1) is 18.6 Å². The number of rotatable bonds is 6. The van der Waals surface area contributed by atoms with Crippen LogP contribution in [-0.4, -0.2) is 30.3 Å². The van der Waals surface area contributed by atoms with E-state index in [2.05, 4.69) is 14.8 Å². The maximum Gasteiger partial charge on any atom is 0.264 e. The molecule has 0 spiro atoms. The van der Waals surface area contributed by atoms with Gasteiger partial charge in [0, 0.05) is 5.02 Å². The number of benzene rings is 2. The minimum atomic E-state index is -3.78. The molecule has 0 amide bonds. The lowest BCUT2D eigenvalue weighted by molar-refractivity contribution is 0.414. The average Bonchev–Trinajstić information content (AvgIpc) is 3.03. The quantitative estimate of drug-likeness (QED) is 0.712. The highest BCUT2D eigenvalue weighted by Crippen LogP contribution is 2.18. The molecule has 1 heterocycles. The molecule has 0 unspecified atom stereocenters. The molecule has 3 aromatic rings. The van der Waals surface area contributed by atoms with E-state index in [1.54, 1.807) is 18.2 Å². The molecule has 1 N–H and O–H groups in total. The topological polar surface area (TPSA) is 86.1 Å². The van der Waals surface area contributed by atoms with Crippen molar-refractivity contribution >= 4 is 27.6 Å². The van der Waals surface area contributed by atoms with Crippen molar-refractivity contribution in [2.24, 2.45) is 0 Å². The van der Waals surface area contributed by atoms with Gasteiger partial charge in [-0.1, -0.05) is 29.8 Å². The molecule has 0 aliphatic rings. The van der Waals surface area contributed by atoms with Gasteiger partial charge in [0.15, 0.2) is 0 Å². The molecule has 1 aromatic heterocycles. The summed E-state index contributed by atoms with van der Waals surface area (Å²) in [5, 5.41) is 4.73. The zero-order valence-electron chi connectivity index (χ0n) is 13.3. The fourth-order valence-electron chi connectivity index (χ4n) is 2.15. The maximum atomic E-state index is 12.4. The zero-order chi connectivity index (χ0) is 17.9. The monoisotopic (exact) mass is 378 g/mol. The van der Waals surface area contributed by atoms with Crippen molar-refractivity contribution in [3.8, 4) is 5.75 Å². The number of aromatic nitrogens is 3. The molecule has 0 atom stereocenters. The first-order valence-electron chi connectivity index (χ1n) is 7.28. The van der Waals surface area contributed by atoms with E-state index in [9.17, 15) is 8.42 Å². The summed E-state index contributed by atoms with van der Waals surface area (Å²) >= 11 is 6.11. The number of hydrogen-bond acceptors (Lipinski definition) is 5. The van der Waals surface area contributed by atoms with Crippen LogP contribution in [0.4, 0.5) is 5.95 Å². The van der Waals surface area contributed by atoms with Gasteiger partial charge >= 0.3 is 0 Å². The highest BCUT2D eigenvalue weighted by Gasteiger charge is 2.16. The molecule has 0 bridgehead atoms. The Bertz CT molecular complexity index is 971. The van der Waals surface area contributed by atoms with Gasteiger partial charge in [0.25, 0.3) is 16.0 Å². The van der Waals surface area contributed by atoms with Gasteiger partial charge in [0.2, 0.25) is 0 Å². The Morgan fingerprint density at radius 2 is 1.88 bits per heavy atom. The van der Waals surface area contributed by atoms with Crippen LogP contribution < -0.4 is 9.46 Å². The van der Waals surface area contributed by atoms with Gasteiger partial charge in [-0.25, -0.2) is 17.8 Å². The fourth-order valence-corrected chi connectivity index (χ4v) is 3.29. The third-order valence-electron chi connectivity index (χ3n) is 3.42. The van der Waals surface area contributed by atoms with Crippen molar-refractivity contribution in [1.29, 1.82) is 0 Å². The van der Waals surface area contributed by atoms with Crippen molar-refractivity contribution in [2.45, 2.75) is 11.4 Å². The van der Waals surface area contributed by atoms with Crippen LogP contribution in [0.5, 0.6) is 5.75 Å². The number of ether oxygens (including phenoxy) is 1. The number of sulfonamides is 1. The summed E-state index contributed by atoms with van der Waals surface area (Å²) in [6.07, 6.45) is 1.44. The van der Waals surface area contributed by atoms with Gasteiger partial charge in [-0.3, -0.25) is 0 Å². The molecule has 0 aliphatic heterocycles. The molecule has 0 saturated heterocycles. The molecule has 2 aromatic carbocycles. The Morgan fingerprint density at radius 3 is 2.56 bits per heavy atom. The van der Waals surface area contributed by atoms with Crippen molar-refractivity contribution in [2.75, 3.05) is 11.8 Å². The maximum absolute atomic E-state index is 12.4. The number of methoxy groups -OCH3 is 1. The van der Waals surface area contributed by atoms with Crippen LogP contribution in [-0.2, 0) is 16.6 Å². The van der Waals surface area contributed by atoms with Crippen LogP contribution in [0.3, 0.4) is 0 Å². The molecule has 7 nitrogen and oxygen atoms in total. The number of nitrogens with zero attached hydrogens (tertiary/aromatic N) is 3. The van der Waals surface area contributed by atoms with Gasteiger partial charge in [0.1, 0.15) is 12.1 Å². The molecule has 0 saturated carbocycles. The van der Waals surface area contributed by atoms with Crippen molar-refractivity contribution in [3.05, 3.63) is 65.4 Å². The normalized spacial score (nSPS) is 11.3. The minimum absolute atomic E-state index is 0.0112. The Balaban J connectivity index is 1.75. The van der Waals surface area contributed by atoms with E-state index < -0.39 is 10.0 Å². The first-order valence-corrected chi connectivity index (χ1v) is 9.14. The first-order chi connectivity index (χ1) is 12.0. The Hall–Kier alpha value is -2.58. The standard InChI is InChI=1S/C16H15ClN4O3S/c1-24-13-6-8-14(9-7-13)25(22,23)20-16-18-11-21(19-16)10-12-4-2-3-5-15(12)17/h2-9,11H,10H2,1H3,(H,19,20). The number of hydrogen-bond donors (Lipinski definition) is 1. The lowest BCUT2D eigenvalue weighted by Gasteiger charge is -2.06. The highest BCUT2D eigenvalue weighted by atomic mass is 35.5. The SMILES string of the molecule is COc1ccc(S(=O)(=O)Nc2ncn(Cc3ccccc3Cl)n2)cc1. The van der Waals surface area contributed by atoms with E-state index in [1.807, 2.05) is 18.2 Å². The summed E-state index contributed by atoms with van der Waals surface area (Å²) < 4.78 is 33.6. The number of halogens is 1. The molecular weight excluding hydrogens is 364 g/mol. The van der Waals surface area contributed by atoms with Crippen LogP contribution in [0, 0.1) is 0 Å². The number of nitrogens with one attached hydrogen (secondary N) is 1. The van der Waals surface area contributed by atoms with Crippen molar-refractivity contribution < 1.29 is 13.2 Å². The summed E-state index contributed by atoms with van der Waals surface area (Å²) in [6, 6.07) is 13.4. The van der Waals surface area contributed by atoms with Crippen LogP contribution in [0.15, 0.2) is 59.8 Å². The molecule has 9 heteroatoms. The summed E-state index contributed by atoms with van der Waals surface area (Å²) in [6.45, 7) is 0.386. The first kappa shape index (κ1) is 17.2. The second-order valence-electron chi connectivity index (χ2n) is 5.14. The Morgan fingerprint density at radius 1 is 1.16 bits per heavy atom. The van der Waals surface area contributed by atoms with Crippen molar-refractivity contribution in [3.63, 3.8) is 0 Å². The predicted octanol–water partition coefficient (Wildman–Crippen LogP) is 2.79. The second kappa shape index (κ2) is 7.12. The molecule has 0 aliphatic carbocycles. The fraction of sp³-hybridized carbons (Fsp3) is 0.125. The zero-order valence-corrected chi connectivity index (χ0v) is 14.8. The summed E-state index contributed by atoms with van der Waals surface area (Å²) in [5.41, 5.74) is 0.860. The van der Waals surface area contributed by atoms with E-state index in [4.69, 9.17) is 16.3 Å². The second-order valence-corrected chi connectivity index (χ2v) is 7.23. The molecule has 3 rings (SSSR count). The van der Waals surface area contributed by atoms with Gasteiger partial charge in [-0.2, -0.15) is 4.98 Å². The minimum Gasteiger partial charge on any atom is -0.497 e. The molecule has 25 heavy (non-hydrogen) atoms. The summed E-state index contributed by atoms with van der Waals surface area (Å²) in [7, 11) is -2.26. The molecule has 0 fully saturated rings. The van der Waals surface area contributed by atoms with E-state index in [0.29, 0.717) is 17.3 Å². The van der Waals surface area contributed by atoms with Crippen LogP contribution in [0.1, 0.15) is 5.56 Å².